The van der Waals surface area contributed by atoms with Crippen molar-refractivity contribution in [3.05, 3.63) is 64.4 Å². The van der Waals surface area contributed by atoms with Gasteiger partial charge in [-0.3, -0.25) is 9.69 Å². The molecule has 1 aliphatic heterocycles. The van der Waals surface area contributed by atoms with Crippen molar-refractivity contribution in [2.24, 2.45) is 0 Å². The minimum absolute atomic E-state index is 0.0404. The van der Waals surface area contributed by atoms with Crippen LogP contribution in [0.25, 0.3) is 0 Å². The highest BCUT2D eigenvalue weighted by Gasteiger charge is 2.25. The minimum Gasteiger partial charge on any atom is -0.491 e. The second kappa shape index (κ2) is 10.8. The lowest BCUT2D eigenvalue weighted by atomic mass is 9.99. The van der Waals surface area contributed by atoms with Crippen LogP contribution in [-0.4, -0.2) is 50.3 Å². The van der Waals surface area contributed by atoms with Crippen molar-refractivity contribution in [1.82, 2.24) is 10.2 Å². The molecule has 1 amide bonds. The molecule has 0 saturated carbocycles. The highest BCUT2D eigenvalue weighted by molar-refractivity contribution is 6.31. The van der Waals surface area contributed by atoms with Crippen LogP contribution in [0.5, 0.6) is 5.75 Å². The predicted octanol–water partition coefficient (Wildman–Crippen LogP) is 4.46. The van der Waals surface area contributed by atoms with Gasteiger partial charge in [0.15, 0.2) is 0 Å². The molecule has 162 valence electrons. The van der Waals surface area contributed by atoms with E-state index in [9.17, 15) is 9.18 Å². The summed E-state index contributed by atoms with van der Waals surface area (Å²) in [5, 5.41) is 3.00. The average molecular weight is 435 g/mol. The number of hydrogen-bond donors (Lipinski definition) is 1. The van der Waals surface area contributed by atoms with Gasteiger partial charge in [-0.05, 0) is 55.7 Å². The average Bonchev–Trinajstić information content (AvgIpc) is 2.76. The minimum atomic E-state index is -0.523. The maximum atomic E-state index is 13.3. The van der Waals surface area contributed by atoms with Gasteiger partial charge in [-0.1, -0.05) is 23.7 Å². The van der Waals surface area contributed by atoms with E-state index in [0.717, 1.165) is 31.7 Å². The Kier molecular flexibility index (Phi) is 8.08. The number of benzene rings is 2. The summed E-state index contributed by atoms with van der Waals surface area (Å²) in [6.45, 7) is 5.08. The molecule has 0 aromatic heterocycles. The van der Waals surface area contributed by atoms with Gasteiger partial charge in [0.05, 0.1) is 11.6 Å². The Bertz CT molecular complexity index is 839. The molecule has 5 nitrogen and oxygen atoms in total. The van der Waals surface area contributed by atoms with E-state index in [1.165, 1.54) is 23.8 Å². The van der Waals surface area contributed by atoms with Gasteiger partial charge in [-0.15, -0.1) is 0 Å². The SMILES string of the molecule is COCCOc1ccc(C(C)N2CCC(NC(=O)c3ccc(F)c(Cl)c3)CC2)cc1. The second-order valence-electron chi connectivity index (χ2n) is 7.50. The van der Waals surface area contributed by atoms with Crippen LogP contribution in [-0.2, 0) is 4.74 Å². The molecule has 1 saturated heterocycles. The summed E-state index contributed by atoms with van der Waals surface area (Å²) < 4.78 is 23.9. The zero-order chi connectivity index (χ0) is 21.5. The molecular weight excluding hydrogens is 407 g/mol. The van der Waals surface area contributed by atoms with Crippen molar-refractivity contribution in [2.45, 2.75) is 31.8 Å². The molecule has 30 heavy (non-hydrogen) atoms. The van der Waals surface area contributed by atoms with E-state index < -0.39 is 5.82 Å². The Balaban J connectivity index is 1.48. The molecule has 1 aliphatic rings. The Labute approximate surface area is 182 Å². The summed E-state index contributed by atoms with van der Waals surface area (Å²) in [7, 11) is 1.65. The van der Waals surface area contributed by atoms with Crippen LogP contribution in [0, 0.1) is 5.82 Å². The van der Waals surface area contributed by atoms with Gasteiger partial charge < -0.3 is 14.8 Å². The Morgan fingerprint density at radius 2 is 1.90 bits per heavy atom. The summed E-state index contributed by atoms with van der Waals surface area (Å²) in [5.74, 6) is 0.0999. The third-order valence-electron chi connectivity index (χ3n) is 5.51. The first-order valence-electron chi connectivity index (χ1n) is 10.2. The van der Waals surface area contributed by atoms with Crippen LogP contribution in [0.15, 0.2) is 42.5 Å². The van der Waals surface area contributed by atoms with Crippen LogP contribution in [0.2, 0.25) is 5.02 Å². The molecule has 1 atom stereocenters. The third kappa shape index (κ3) is 5.94. The second-order valence-corrected chi connectivity index (χ2v) is 7.91. The number of halogens is 2. The summed E-state index contributed by atoms with van der Waals surface area (Å²) in [6.07, 6.45) is 1.73. The Morgan fingerprint density at radius 3 is 2.53 bits per heavy atom. The lowest BCUT2D eigenvalue weighted by molar-refractivity contribution is 0.0896. The normalized spacial score (nSPS) is 16.3. The Hall–Kier alpha value is -2.15. The van der Waals surface area contributed by atoms with E-state index in [2.05, 4.69) is 29.3 Å². The van der Waals surface area contributed by atoms with E-state index in [4.69, 9.17) is 21.1 Å². The molecule has 1 heterocycles. The van der Waals surface area contributed by atoms with Crippen LogP contribution in [0.1, 0.15) is 41.7 Å². The zero-order valence-corrected chi connectivity index (χ0v) is 18.1. The maximum Gasteiger partial charge on any atom is 0.251 e. The number of rotatable bonds is 8. The fourth-order valence-electron chi connectivity index (χ4n) is 3.63. The quantitative estimate of drug-likeness (QED) is 0.623. The first kappa shape index (κ1) is 22.5. The highest BCUT2D eigenvalue weighted by Crippen LogP contribution is 2.26. The van der Waals surface area contributed by atoms with Crippen molar-refractivity contribution in [3.8, 4) is 5.75 Å². The van der Waals surface area contributed by atoms with E-state index in [1.54, 1.807) is 7.11 Å². The molecule has 0 bridgehead atoms. The fourth-order valence-corrected chi connectivity index (χ4v) is 3.81. The third-order valence-corrected chi connectivity index (χ3v) is 5.80. The number of carbonyl (C=O) groups is 1. The van der Waals surface area contributed by atoms with Crippen LogP contribution in [0.3, 0.4) is 0 Å². The van der Waals surface area contributed by atoms with Crippen LogP contribution >= 0.6 is 11.6 Å². The van der Waals surface area contributed by atoms with Crippen molar-refractivity contribution in [3.63, 3.8) is 0 Å². The summed E-state index contributed by atoms with van der Waals surface area (Å²) in [5.41, 5.74) is 1.61. The molecular formula is C23H28ClFN2O3. The summed E-state index contributed by atoms with van der Waals surface area (Å²) in [6, 6.07) is 12.6. The largest absolute Gasteiger partial charge is 0.491 e. The summed E-state index contributed by atoms with van der Waals surface area (Å²) in [4.78, 5) is 14.8. The molecule has 0 aliphatic carbocycles. The van der Waals surface area contributed by atoms with Crippen molar-refractivity contribution in [1.29, 1.82) is 0 Å². The molecule has 1 unspecified atom stereocenters. The topological polar surface area (TPSA) is 50.8 Å². The number of nitrogens with zero attached hydrogens (tertiary/aromatic N) is 1. The van der Waals surface area contributed by atoms with Crippen LogP contribution in [0.4, 0.5) is 4.39 Å². The number of ether oxygens (including phenoxy) is 2. The molecule has 1 fully saturated rings. The lowest BCUT2D eigenvalue weighted by Crippen LogP contribution is -2.45. The van der Waals surface area contributed by atoms with Gasteiger partial charge in [0.25, 0.3) is 5.91 Å². The Morgan fingerprint density at radius 1 is 1.20 bits per heavy atom. The molecule has 2 aromatic carbocycles. The molecule has 0 spiro atoms. The number of amides is 1. The van der Waals surface area contributed by atoms with Gasteiger partial charge in [0.1, 0.15) is 18.2 Å². The number of nitrogens with one attached hydrogen (secondary N) is 1. The van der Waals surface area contributed by atoms with Gasteiger partial charge in [-0.2, -0.15) is 0 Å². The number of piperidine rings is 1. The lowest BCUT2D eigenvalue weighted by Gasteiger charge is -2.36. The first-order valence-corrected chi connectivity index (χ1v) is 10.6. The van der Waals surface area contributed by atoms with Crippen molar-refractivity contribution in [2.75, 3.05) is 33.4 Å². The van der Waals surface area contributed by atoms with Crippen molar-refractivity contribution < 1.29 is 18.7 Å². The molecule has 0 radical (unpaired) electrons. The predicted molar refractivity (Wildman–Crippen MR) is 116 cm³/mol. The van der Waals surface area contributed by atoms with E-state index >= 15 is 0 Å². The molecule has 3 rings (SSSR count). The number of likely N-dealkylation sites (tertiary alicyclic amines) is 1. The summed E-state index contributed by atoms with van der Waals surface area (Å²) >= 11 is 5.78. The highest BCUT2D eigenvalue weighted by atomic mass is 35.5. The maximum absolute atomic E-state index is 13.3. The monoisotopic (exact) mass is 434 g/mol. The van der Waals surface area contributed by atoms with E-state index in [0.29, 0.717) is 18.8 Å². The molecule has 1 N–H and O–H groups in total. The van der Waals surface area contributed by atoms with Gasteiger partial charge in [-0.25, -0.2) is 4.39 Å². The number of carbonyl (C=O) groups excluding carboxylic acids is 1. The van der Waals surface area contributed by atoms with E-state index in [-0.39, 0.29) is 23.0 Å². The van der Waals surface area contributed by atoms with Crippen LogP contribution < -0.4 is 10.1 Å². The smallest absolute Gasteiger partial charge is 0.251 e. The fraction of sp³-hybridized carbons (Fsp3) is 0.435. The van der Waals surface area contributed by atoms with Gasteiger partial charge in [0, 0.05) is 37.8 Å². The van der Waals surface area contributed by atoms with Gasteiger partial charge >= 0.3 is 0 Å². The standard InChI is InChI=1S/C23H28ClFN2O3/c1-16(17-3-6-20(7-4-17)30-14-13-29-2)27-11-9-19(10-12-27)26-23(28)18-5-8-22(25)21(24)15-18/h3-8,15-16,19H,9-14H2,1-2H3,(H,26,28). The first-order chi connectivity index (χ1) is 14.5. The molecule has 2 aromatic rings. The van der Waals surface area contributed by atoms with E-state index in [1.807, 2.05) is 12.1 Å². The molecule has 7 heteroatoms. The number of methoxy groups -OCH3 is 1. The van der Waals surface area contributed by atoms with Crippen molar-refractivity contribution >= 4 is 17.5 Å². The zero-order valence-electron chi connectivity index (χ0n) is 17.4. The van der Waals surface area contributed by atoms with Gasteiger partial charge in [0.2, 0.25) is 0 Å². The number of hydrogen-bond acceptors (Lipinski definition) is 4.